The van der Waals surface area contributed by atoms with Gasteiger partial charge in [0.1, 0.15) is 5.82 Å². The zero-order valence-electron chi connectivity index (χ0n) is 12.9. The summed E-state index contributed by atoms with van der Waals surface area (Å²) < 4.78 is 13.4. The summed E-state index contributed by atoms with van der Waals surface area (Å²) in [6, 6.07) is 2.19. The quantitative estimate of drug-likeness (QED) is 0.927. The molecular formula is C17H26FN3. The van der Waals surface area contributed by atoms with E-state index >= 15 is 0 Å². The topological polar surface area (TPSA) is 28.2 Å². The average molecular weight is 291 g/mol. The molecule has 0 radical (unpaired) electrons. The van der Waals surface area contributed by atoms with Crippen molar-refractivity contribution in [1.29, 1.82) is 0 Å². The van der Waals surface area contributed by atoms with Crippen molar-refractivity contribution in [3.63, 3.8) is 0 Å². The molecule has 2 fully saturated rings. The second kappa shape index (κ2) is 6.41. The Morgan fingerprint density at radius 2 is 2.14 bits per heavy atom. The number of hydrogen-bond donors (Lipinski definition) is 1. The molecule has 1 aromatic rings. The fourth-order valence-corrected chi connectivity index (χ4v) is 3.94. The molecule has 0 bridgehead atoms. The van der Waals surface area contributed by atoms with E-state index in [0.29, 0.717) is 6.04 Å². The minimum Gasteiger partial charge on any atom is -0.311 e. The van der Waals surface area contributed by atoms with Gasteiger partial charge in [0.2, 0.25) is 0 Å². The second-order valence-electron chi connectivity index (χ2n) is 6.66. The lowest BCUT2D eigenvalue weighted by Gasteiger charge is -2.52. The predicted molar refractivity (Wildman–Crippen MR) is 82.5 cm³/mol. The van der Waals surface area contributed by atoms with Crippen molar-refractivity contribution >= 4 is 0 Å². The van der Waals surface area contributed by atoms with Gasteiger partial charge >= 0.3 is 0 Å². The van der Waals surface area contributed by atoms with Crippen LogP contribution < -0.4 is 5.32 Å². The third kappa shape index (κ3) is 3.27. The summed E-state index contributed by atoms with van der Waals surface area (Å²) >= 11 is 0. The summed E-state index contributed by atoms with van der Waals surface area (Å²) in [5.74, 6) is -0.229. The Morgan fingerprint density at radius 1 is 1.33 bits per heavy atom. The molecule has 1 unspecified atom stereocenters. The van der Waals surface area contributed by atoms with Crippen molar-refractivity contribution in [3.05, 3.63) is 29.8 Å². The Hall–Kier alpha value is -1.00. The number of halogens is 1. The number of aromatic nitrogens is 1. The molecule has 116 valence electrons. The Labute approximate surface area is 126 Å². The number of nitrogens with one attached hydrogen (secondary N) is 1. The van der Waals surface area contributed by atoms with Gasteiger partial charge in [-0.25, -0.2) is 4.39 Å². The van der Waals surface area contributed by atoms with Gasteiger partial charge in [0.15, 0.2) is 0 Å². The minimum atomic E-state index is -0.229. The van der Waals surface area contributed by atoms with E-state index in [2.05, 4.69) is 22.1 Å². The molecule has 1 saturated carbocycles. The van der Waals surface area contributed by atoms with Gasteiger partial charge in [-0.05, 0) is 30.9 Å². The Kier molecular flexibility index (Phi) is 4.55. The van der Waals surface area contributed by atoms with Crippen LogP contribution in [0.4, 0.5) is 4.39 Å². The monoisotopic (exact) mass is 291 g/mol. The number of rotatable bonds is 3. The maximum Gasteiger partial charge on any atom is 0.141 e. The van der Waals surface area contributed by atoms with Crippen molar-refractivity contribution in [2.45, 2.75) is 63.6 Å². The average Bonchev–Trinajstić information content (AvgIpc) is 2.51. The number of pyridine rings is 1. The first-order valence-electron chi connectivity index (χ1n) is 8.30. The summed E-state index contributed by atoms with van der Waals surface area (Å²) in [4.78, 5) is 6.61. The molecule has 1 atom stereocenters. The molecule has 3 nitrogen and oxygen atoms in total. The van der Waals surface area contributed by atoms with E-state index in [9.17, 15) is 4.39 Å². The molecule has 1 N–H and O–H groups in total. The zero-order valence-corrected chi connectivity index (χ0v) is 12.9. The number of piperazine rings is 1. The highest BCUT2D eigenvalue weighted by Crippen LogP contribution is 2.36. The summed E-state index contributed by atoms with van der Waals surface area (Å²) in [5.41, 5.74) is 1.27. The molecule has 2 aliphatic rings. The van der Waals surface area contributed by atoms with Gasteiger partial charge in [0.25, 0.3) is 0 Å². The number of hydrogen-bond acceptors (Lipinski definition) is 3. The van der Waals surface area contributed by atoms with Crippen LogP contribution in [0.1, 0.15) is 51.0 Å². The van der Waals surface area contributed by atoms with Crippen molar-refractivity contribution in [3.8, 4) is 0 Å². The molecule has 1 saturated heterocycles. The van der Waals surface area contributed by atoms with Gasteiger partial charge in [0, 0.05) is 37.4 Å². The number of nitrogens with zero attached hydrogens (tertiary/aromatic N) is 2. The van der Waals surface area contributed by atoms with Gasteiger partial charge in [-0.3, -0.25) is 9.88 Å². The molecule has 0 amide bonds. The molecule has 1 aromatic heterocycles. The largest absolute Gasteiger partial charge is 0.311 e. The normalized spacial score (nSPS) is 26.1. The third-order valence-electron chi connectivity index (χ3n) is 5.24. The SMILES string of the molecule is CCC1CN(Cc2cncc(F)c2)C2(CCCCC2)CN1. The summed E-state index contributed by atoms with van der Waals surface area (Å²) in [5, 5.41) is 3.73. The van der Waals surface area contributed by atoms with E-state index in [4.69, 9.17) is 0 Å². The highest BCUT2D eigenvalue weighted by Gasteiger charge is 2.41. The van der Waals surface area contributed by atoms with Crippen LogP contribution in [0.15, 0.2) is 18.5 Å². The van der Waals surface area contributed by atoms with E-state index in [1.165, 1.54) is 38.3 Å². The highest BCUT2D eigenvalue weighted by atomic mass is 19.1. The first kappa shape index (κ1) is 14.9. The van der Waals surface area contributed by atoms with E-state index in [0.717, 1.165) is 31.6 Å². The van der Waals surface area contributed by atoms with Crippen LogP contribution in [0.2, 0.25) is 0 Å². The summed E-state index contributed by atoms with van der Waals surface area (Å²) in [6.07, 6.45) is 10.8. The zero-order chi connectivity index (χ0) is 14.7. The second-order valence-corrected chi connectivity index (χ2v) is 6.66. The first-order chi connectivity index (χ1) is 10.2. The molecular weight excluding hydrogens is 265 g/mol. The van der Waals surface area contributed by atoms with Crippen LogP contribution in [-0.2, 0) is 6.54 Å². The van der Waals surface area contributed by atoms with Crippen LogP contribution >= 0.6 is 0 Å². The lowest BCUT2D eigenvalue weighted by molar-refractivity contribution is 0.00261. The van der Waals surface area contributed by atoms with Crippen LogP contribution in [-0.4, -0.2) is 34.6 Å². The van der Waals surface area contributed by atoms with Crippen molar-refractivity contribution in [1.82, 2.24) is 15.2 Å². The molecule has 21 heavy (non-hydrogen) atoms. The Morgan fingerprint density at radius 3 is 2.86 bits per heavy atom. The van der Waals surface area contributed by atoms with Crippen molar-refractivity contribution in [2.75, 3.05) is 13.1 Å². The third-order valence-corrected chi connectivity index (χ3v) is 5.24. The van der Waals surface area contributed by atoms with Gasteiger partial charge in [0.05, 0.1) is 6.20 Å². The van der Waals surface area contributed by atoms with Gasteiger partial charge in [-0.2, -0.15) is 0 Å². The molecule has 1 spiro atoms. The van der Waals surface area contributed by atoms with Crippen LogP contribution in [0.25, 0.3) is 0 Å². The van der Waals surface area contributed by atoms with E-state index in [1.54, 1.807) is 6.07 Å². The van der Waals surface area contributed by atoms with Gasteiger partial charge < -0.3 is 5.32 Å². The Balaban J connectivity index is 1.79. The molecule has 1 aliphatic carbocycles. The molecule has 0 aromatic carbocycles. The fourth-order valence-electron chi connectivity index (χ4n) is 3.94. The first-order valence-corrected chi connectivity index (χ1v) is 8.30. The molecule has 1 aliphatic heterocycles. The van der Waals surface area contributed by atoms with Crippen LogP contribution in [0, 0.1) is 5.82 Å². The standard InChI is InChI=1S/C17H26FN3/c1-2-16-12-21(11-14-8-15(18)10-19-9-14)17(13-20-16)6-4-3-5-7-17/h8-10,16,20H,2-7,11-13H2,1H3. The summed E-state index contributed by atoms with van der Waals surface area (Å²) in [7, 11) is 0. The van der Waals surface area contributed by atoms with E-state index in [-0.39, 0.29) is 11.4 Å². The lowest BCUT2D eigenvalue weighted by atomic mass is 9.78. The van der Waals surface area contributed by atoms with Crippen LogP contribution in [0.3, 0.4) is 0 Å². The van der Waals surface area contributed by atoms with Crippen molar-refractivity contribution < 1.29 is 4.39 Å². The molecule has 2 heterocycles. The Bertz CT molecular complexity index is 471. The summed E-state index contributed by atoms with van der Waals surface area (Å²) in [6.45, 7) is 5.20. The van der Waals surface area contributed by atoms with Crippen molar-refractivity contribution in [2.24, 2.45) is 0 Å². The van der Waals surface area contributed by atoms with Gasteiger partial charge in [-0.1, -0.05) is 26.2 Å². The lowest BCUT2D eigenvalue weighted by Crippen LogP contribution is -2.64. The highest BCUT2D eigenvalue weighted by molar-refractivity contribution is 5.12. The smallest absolute Gasteiger partial charge is 0.141 e. The maximum atomic E-state index is 13.4. The predicted octanol–water partition coefficient (Wildman–Crippen LogP) is 3.11. The minimum absolute atomic E-state index is 0.229. The van der Waals surface area contributed by atoms with Gasteiger partial charge in [-0.15, -0.1) is 0 Å². The van der Waals surface area contributed by atoms with E-state index < -0.39 is 0 Å². The molecule has 4 heteroatoms. The maximum absolute atomic E-state index is 13.4. The fraction of sp³-hybridized carbons (Fsp3) is 0.706. The van der Waals surface area contributed by atoms with Crippen LogP contribution in [0.5, 0.6) is 0 Å². The van der Waals surface area contributed by atoms with E-state index in [1.807, 2.05) is 6.20 Å². The molecule has 3 rings (SSSR count).